The van der Waals surface area contributed by atoms with Crippen molar-refractivity contribution in [2.75, 3.05) is 5.32 Å². The van der Waals surface area contributed by atoms with Crippen LogP contribution in [0.5, 0.6) is 0 Å². The molecule has 1 aliphatic rings. The quantitative estimate of drug-likeness (QED) is 0.593. The van der Waals surface area contributed by atoms with Crippen molar-refractivity contribution < 1.29 is 4.92 Å². The zero-order valence-corrected chi connectivity index (χ0v) is 9.99. The summed E-state index contributed by atoms with van der Waals surface area (Å²) in [5, 5.41) is 18.1. The van der Waals surface area contributed by atoms with Crippen molar-refractivity contribution in [3.8, 4) is 0 Å². The molecule has 2 heterocycles. The lowest BCUT2D eigenvalue weighted by molar-refractivity contribution is -0.384. The Balaban J connectivity index is 2.17. The Morgan fingerprint density at radius 1 is 1.47 bits per heavy atom. The van der Waals surface area contributed by atoms with Crippen molar-refractivity contribution in [1.29, 1.82) is 0 Å². The second-order valence-corrected chi connectivity index (χ2v) is 4.15. The van der Waals surface area contributed by atoms with Gasteiger partial charge in [0.15, 0.2) is 5.82 Å². The first kappa shape index (κ1) is 11.2. The average Bonchev–Trinajstić information content (AvgIpc) is 2.66. The number of aliphatic imine (C=N–C) groups is 1. The van der Waals surface area contributed by atoms with Crippen molar-refractivity contribution in [2.24, 2.45) is 17.8 Å². The Kier molecular flexibility index (Phi) is 2.24. The van der Waals surface area contributed by atoms with Gasteiger partial charge in [-0.25, -0.2) is 4.99 Å². The molecule has 0 spiro atoms. The van der Waals surface area contributed by atoms with Crippen molar-refractivity contribution in [2.45, 2.75) is 0 Å². The van der Waals surface area contributed by atoms with E-state index in [4.69, 9.17) is 5.73 Å². The number of aromatic nitrogens is 2. The lowest BCUT2D eigenvalue weighted by atomic mass is 10.2. The van der Waals surface area contributed by atoms with E-state index in [9.17, 15) is 10.1 Å². The number of nitro groups is 1. The number of benzene rings is 1. The molecule has 8 heteroatoms. The Bertz CT molecular complexity index is 718. The maximum atomic E-state index is 10.8. The summed E-state index contributed by atoms with van der Waals surface area (Å²) in [6.07, 6.45) is 1.74. The van der Waals surface area contributed by atoms with E-state index in [-0.39, 0.29) is 11.5 Å². The molecule has 0 unspecified atom stereocenters. The largest absolute Gasteiger partial charge is 0.383 e. The number of hydrogen-bond acceptors (Lipinski definition) is 6. The predicted octanol–water partition coefficient (Wildman–Crippen LogP) is 1.42. The molecule has 1 aromatic carbocycles. The van der Waals surface area contributed by atoms with Gasteiger partial charge >= 0.3 is 0 Å². The number of fused-ring (bicyclic) bond motifs is 2. The molecule has 3 N–H and O–H groups in total. The number of nitrogens with one attached hydrogen (secondary N) is 1. The van der Waals surface area contributed by atoms with Crippen LogP contribution in [0, 0.1) is 10.1 Å². The van der Waals surface area contributed by atoms with Gasteiger partial charge in [0.2, 0.25) is 0 Å². The lowest BCUT2D eigenvalue weighted by Gasteiger charge is -2.04. The summed E-state index contributed by atoms with van der Waals surface area (Å²) in [6, 6.07) is 4.38. The highest BCUT2D eigenvalue weighted by atomic mass is 16.6. The third kappa shape index (κ3) is 1.79. The van der Waals surface area contributed by atoms with Crippen LogP contribution in [-0.2, 0) is 7.05 Å². The Labute approximate surface area is 107 Å². The molecule has 0 saturated carbocycles. The highest BCUT2D eigenvalue weighted by Crippen LogP contribution is 2.35. The first-order chi connectivity index (χ1) is 9.04. The molecule has 0 fully saturated rings. The monoisotopic (exact) mass is 258 g/mol. The summed E-state index contributed by atoms with van der Waals surface area (Å²) < 4.78 is 1.62. The van der Waals surface area contributed by atoms with E-state index < -0.39 is 4.92 Å². The van der Waals surface area contributed by atoms with Gasteiger partial charge in [-0.3, -0.25) is 14.8 Å². The molecule has 1 aliphatic heterocycles. The summed E-state index contributed by atoms with van der Waals surface area (Å²) in [5.41, 5.74) is 7.58. The summed E-state index contributed by atoms with van der Waals surface area (Å²) in [4.78, 5) is 14.5. The van der Waals surface area contributed by atoms with Crippen LogP contribution in [0.3, 0.4) is 0 Å². The van der Waals surface area contributed by atoms with Crippen LogP contribution >= 0.6 is 0 Å². The fourth-order valence-corrected chi connectivity index (χ4v) is 1.92. The number of amidine groups is 1. The first-order valence-electron chi connectivity index (χ1n) is 5.48. The molecular weight excluding hydrogens is 248 g/mol. The van der Waals surface area contributed by atoms with Gasteiger partial charge in [0.25, 0.3) is 5.69 Å². The van der Waals surface area contributed by atoms with E-state index in [2.05, 4.69) is 15.4 Å². The summed E-state index contributed by atoms with van der Waals surface area (Å²) >= 11 is 0. The van der Waals surface area contributed by atoms with Crippen LogP contribution in [0.4, 0.5) is 22.9 Å². The van der Waals surface area contributed by atoms with Crippen LogP contribution in [0.15, 0.2) is 29.4 Å². The number of nitrogens with two attached hydrogens (primary N) is 1. The van der Waals surface area contributed by atoms with Crippen LogP contribution < -0.4 is 11.1 Å². The van der Waals surface area contributed by atoms with Crippen LogP contribution in [-0.4, -0.2) is 20.5 Å². The van der Waals surface area contributed by atoms with Gasteiger partial charge in [-0.2, -0.15) is 5.10 Å². The van der Waals surface area contributed by atoms with E-state index in [0.717, 1.165) is 0 Å². The van der Waals surface area contributed by atoms with Gasteiger partial charge < -0.3 is 11.1 Å². The smallest absolute Gasteiger partial charge is 0.271 e. The zero-order valence-electron chi connectivity index (χ0n) is 9.99. The first-order valence-corrected chi connectivity index (χ1v) is 5.48. The van der Waals surface area contributed by atoms with Crippen LogP contribution in [0.2, 0.25) is 0 Å². The maximum absolute atomic E-state index is 10.8. The van der Waals surface area contributed by atoms with E-state index >= 15 is 0 Å². The predicted molar refractivity (Wildman–Crippen MR) is 70.0 cm³/mol. The topological polar surface area (TPSA) is 111 Å². The molecule has 0 amide bonds. The molecule has 19 heavy (non-hydrogen) atoms. The SMILES string of the molecule is Cn1cc2c(n1)Nc1ccc([N+](=O)[O-])cc1N=C2N. The molecule has 3 rings (SSSR count). The van der Waals surface area contributed by atoms with Gasteiger partial charge in [0.1, 0.15) is 5.84 Å². The second kappa shape index (κ2) is 3.80. The number of rotatable bonds is 1. The van der Waals surface area contributed by atoms with E-state index in [1.807, 2.05) is 0 Å². The fourth-order valence-electron chi connectivity index (χ4n) is 1.92. The standard InChI is InChI=1S/C11H10N6O2/c1-16-5-7-10(12)13-9-4-6(17(18)19)2-3-8(9)14-11(7)15-16/h2-5H,1H3,(H2,12,13)(H,14,15). The number of aryl methyl sites for hydroxylation is 1. The fraction of sp³-hybridized carbons (Fsp3) is 0.0909. The molecule has 96 valence electrons. The minimum atomic E-state index is -0.470. The summed E-state index contributed by atoms with van der Waals surface area (Å²) in [7, 11) is 1.78. The zero-order chi connectivity index (χ0) is 13.6. The normalized spacial score (nSPS) is 12.8. The van der Waals surface area contributed by atoms with E-state index in [1.54, 1.807) is 24.0 Å². The summed E-state index contributed by atoms with van der Waals surface area (Å²) in [5.74, 6) is 0.853. The van der Waals surface area contributed by atoms with E-state index in [1.165, 1.54) is 12.1 Å². The molecule has 2 aromatic rings. The number of anilines is 2. The molecule has 0 saturated heterocycles. The average molecular weight is 258 g/mol. The van der Waals surface area contributed by atoms with Crippen LogP contribution in [0.25, 0.3) is 0 Å². The molecule has 1 aromatic heterocycles. The van der Waals surface area contributed by atoms with Crippen molar-refractivity contribution in [3.05, 3.63) is 40.1 Å². The third-order valence-electron chi connectivity index (χ3n) is 2.79. The molecular formula is C11H10N6O2. The van der Waals surface area contributed by atoms with Gasteiger partial charge in [-0.15, -0.1) is 0 Å². The van der Waals surface area contributed by atoms with Crippen molar-refractivity contribution in [3.63, 3.8) is 0 Å². The Hall–Kier alpha value is -2.90. The molecule has 8 nitrogen and oxygen atoms in total. The molecule has 0 radical (unpaired) electrons. The van der Waals surface area contributed by atoms with Crippen LogP contribution in [0.1, 0.15) is 5.56 Å². The number of nitrogens with zero attached hydrogens (tertiary/aromatic N) is 4. The number of non-ortho nitro benzene ring substituents is 1. The highest BCUT2D eigenvalue weighted by Gasteiger charge is 2.19. The molecule has 0 aliphatic carbocycles. The number of hydrogen-bond donors (Lipinski definition) is 2. The highest BCUT2D eigenvalue weighted by molar-refractivity contribution is 6.06. The van der Waals surface area contributed by atoms with Gasteiger partial charge in [0, 0.05) is 25.4 Å². The minimum absolute atomic E-state index is 0.0304. The molecule has 0 bridgehead atoms. The van der Waals surface area contributed by atoms with Crippen molar-refractivity contribution >= 4 is 28.7 Å². The second-order valence-electron chi connectivity index (χ2n) is 4.15. The number of nitro benzene ring substituents is 1. The van der Waals surface area contributed by atoms with Gasteiger partial charge in [0.05, 0.1) is 21.9 Å². The molecule has 0 atom stereocenters. The van der Waals surface area contributed by atoms with Gasteiger partial charge in [-0.05, 0) is 6.07 Å². The maximum Gasteiger partial charge on any atom is 0.271 e. The van der Waals surface area contributed by atoms with Gasteiger partial charge in [-0.1, -0.05) is 0 Å². The van der Waals surface area contributed by atoms with Crippen molar-refractivity contribution in [1.82, 2.24) is 9.78 Å². The Morgan fingerprint density at radius 3 is 3.00 bits per heavy atom. The summed E-state index contributed by atoms with van der Waals surface area (Å²) in [6.45, 7) is 0. The third-order valence-corrected chi connectivity index (χ3v) is 2.79. The minimum Gasteiger partial charge on any atom is -0.383 e. The van der Waals surface area contributed by atoms with E-state index in [0.29, 0.717) is 22.8 Å². The lowest BCUT2D eigenvalue weighted by Crippen LogP contribution is -2.12. The Morgan fingerprint density at radius 2 is 2.26 bits per heavy atom.